The van der Waals surface area contributed by atoms with E-state index >= 15 is 0 Å². The molecule has 1 fully saturated rings. The summed E-state index contributed by atoms with van der Waals surface area (Å²) in [5.74, 6) is 0. The smallest absolute Gasteiger partial charge is 0.319 e. The van der Waals surface area contributed by atoms with Gasteiger partial charge in [-0.3, -0.25) is 15.0 Å². The van der Waals surface area contributed by atoms with Gasteiger partial charge in [0.15, 0.2) is 0 Å². The number of rotatable bonds is 5. The Morgan fingerprint density at radius 1 is 1.12 bits per heavy atom. The van der Waals surface area contributed by atoms with Crippen LogP contribution in [0.15, 0.2) is 54.6 Å². The van der Waals surface area contributed by atoms with Crippen LogP contribution in [0.1, 0.15) is 18.4 Å². The van der Waals surface area contributed by atoms with Crippen molar-refractivity contribution in [2.24, 2.45) is 0 Å². The number of nitro groups is 1. The topological polar surface area (TPSA) is 87.5 Å². The molecule has 0 aliphatic carbocycles. The number of amides is 2. The average molecular weight is 354 g/mol. The zero-order valence-corrected chi connectivity index (χ0v) is 14.4. The van der Waals surface area contributed by atoms with Crippen molar-refractivity contribution in [2.75, 3.05) is 18.4 Å². The quantitative estimate of drug-likeness (QED) is 0.636. The monoisotopic (exact) mass is 354 g/mol. The Labute approximate surface area is 152 Å². The molecule has 0 aromatic heterocycles. The molecule has 3 rings (SSSR count). The molecule has 0 radical (unpaired) electrons. The number of hydrogen-bond acceptors (Lipinski definition) is 4. The van der Waals surface area contributed by atoms with Gasteiger partial charge in [0.05, 0.1) is 4.92 Å². The molecule has 0 bridgehead atoms. The van der Waals surface area contributed by atoms with Crippen molar-refractivity contribution in [2.45, 2.75) is 25.4 Å². The van der Waals surface area contributed by atoms with E-state index in [1.807, 2.05) is 18.2 Å². The molecule has 1 heterocycles. The lowest BCUT2D eigenvalue weighted by Crippen LogP contribution is -2.45. The second-order valence-electron chi connectivity index (χ2n) is 6.44. The third-order valence-electron chi connectivity index (χ3n) is 4.49. The molecule has 0 atom stereocenters. The largest absolute Gasteiger partial charge is 0.335 e. The van der Waals surface area contributed by atoms with E-state index in [0.717, 1.165) is 32.5 Å². The highest BCUT2D eigenvalue weighted by atomic mass is 16.6. The summed E-state index contributed by atoms with van der Waals surface area (Å²) in [5, 5.41) is 16.4. The second-order valence-corrected chi connectivity index (χ2v) is 6.44. The summed E-state index contributed by atoms with van der Waals surface area (Å²) >= 11 is 0. The van der Waals surface area contributed by atoms with Gasteiger partial charge in [-0.05, 0) is 24.5 Å². The van der Waals surface area contributed by atoms with Gasteiger partial charge in [-0.2, -0.15) is 0 Å². The number of benzene rings is 2. The van der Waals surface area contributed by atoms with Crippen molar-refractivity contribution in [1.29, 1.82) is 0 Å². The molecule has 136 valence electrons. The Bertz CT molecular complexity index is 758. The van der Waals surface area contributed by atoms with Crippen LogP contribution < -0.4 is 10.6 Å². The first-order valence-electron chi connectivity index (χ1n) is 8.68. The number of carbonyl (C=O) groups is 1. The van der Waals surface area contributed by atoms with E-state index in [0.29, 0.717) is 5.69 Å². The maximum atomic E-state index is 12.1. The third kappa shape index (κ3) is 5.03. The molecule has 7 nitrogen and oxygen atoms in total. The number of likely N-dealkylation sites (tertiary alicyclic amines) is 1. The van der Waals surface area contributed by atoms with Gasteiger partial charge >= 0.3 is 6.03 Å². The summed E-state index contributed by atoms with van der Waals surface area (Å²) < 4.78 is 0. The zero-order valence-electron chi connectivity index (χ0n) is 14.4. The summed E-state index contributed by atoms with van der Waals surface area (Å²) in [6.07, 6.45) is 1.77. The number of nitrogens with one attached hydrogen (secondary N) is 2. The van der Waals surface area contributed by atoms with Crippen molar-refractivity contribution in [3.8, 4) is 0 Å². The van der Waals surface area contributed by atoms with E-state index in [9.17, 15) is 14.9 Å². The lowest BCUT2D eigenvalue weighted by Gasteiger charge is -2.32. The molecule has 1 saturated heterocycles. The van der Waals surface area contributed by atoms with Crippen LogP contribution in [0.5, 0.6) is 0 Å². The van der Waals surface area contributed by atoms with Crippen molar-refractivity contribution in [3.63, 3.8) is 0 Å². The van der Waals surface area contributed by atoms with Gasteiger partial charge in [0, 0.05) is 43.5 Å². The summed E-state index contributed by atoms with van der Waals surface area (Å²) in [6, 6.07) is 16.1. The number of non-ortho nitro benzene ring substituents is 1. The minimum absolute atomic E-state index is 0.0444. The first kappa shape index (κ1) is 17.9. The Morgan fingerprint density at radius 2 is 1.85 bits per heavy atom. The minimum Gasteiger partial charge on any atom is -0.335 e. The highest BCUT2D eigenvalue weighted by Gasteiger charge is 2.21. The van der Waals surface area contributed by atoms with Crippen molar-refractivity contribution >= 4 is 17.4 Å². The average Bonchev–Trinajstić information content (AvgIpc) is 2.64. The molecule has 1 aliphatic rings. The van der Waals surface area contributed by atoms with Crippen LogP contribution in [-0.2, 0) is 6.54 Å². The van der Waals surface area contributed by atoms with Gasteiger partial charge in [0.1, 0.15) is 0 Å². The zero-order chi connectivity index (χ0) is 18.4. The fraction of sp³-hybridized carbons (Fsp3) is 0.316. The number of hydrogen-bond donors (Lipinski definition) is 2. The Hall–Kier alpha value is -2.93. The molecule has 2 aromatic carbocycles. The first-order chi connectivity index (χ1) is 12.6. The van der Waals surface area contributed by atoms with E-state index in [1.54, 1.807) is 12.1 Å². The number of nitro benzene ring substituents is 1. The van der Waals surface area contributed by atoms with Crippen LogP contribution in [0.4, 0.5) is 16.2 Å². The van der Waals surface area contributed by atoms with Gasteiger partial charge in [0.2, 0.25) is 0 Å². The summed E-state index contributed by atoms with van der Waals surface area (Å²) in [5.41, 5.74) is 1.66. The number of nitrogens with zero attached hydrogens (tertiary/aromatic N) is 2. The van der Waals surface area contributed by atoms with Crippen LogP contribution in [0.25, 0.3) is 0 Å². The Balaban J connectivity index is 1.45. The van der Waals surface area contributed by atoms with Crippen LogP contribution >= 0.6 is 0 Å². The molecular formula is C19H22N4O3. The normalized spacial score (nSPS) is 15.4. The van der Waals surface area contributed by atoms with Crippen molar-refractivity contribution in [3.05, 3.63) is 70.3 Å². The minimum atomic E-state index is -0.481. The van der Waals surface area contributed by atoms with Crippen molar-refractivity contribution in [1.82, 2.24) is 10.2 Å². The van der Waals surface area contributed by atoms with Crippen LogP contribution in [0.2, 0.25) is 0 Å². The molecule has 2 aromatic rings. The predicted octanol–water partition coefficient (Wildman–Crippen LogP) is 3.38. The van der Waals surface area contributed by atoms with Gasteiger partial charge in [-0.15, -0.1) is 0 Å². The molecule has 7 heteroatoms. The standard InChI is InChI=1S/C19H22N4O3/c24-19(21-17-7-4-8-18(13-17)23(25)26)20-16-9-11-22(12-10-16)14-15-5-2-1-3-6-15/h1-8,13,16H,9-12,14H2,(H2,20,21,24). The van der Waals surface area contributed by atoms with Gasteiger partial charge < -0.3 is 10.6 Å². The molecule has 26 heavy (non-hydrogen) atoms. The lowest BCUT2D eigenvalue weighted by atomic mass is 10.0. The number of anilines is 1. The maximum absolute atomic E-state index is 12.1. The highest BCUT2D eigenvalue weighted by molar-refractivity contribution is 5.89. The molecule has 2 N–H and O–H groups in total. The molecular weight excluding hydrogens is 332 g/mol. The first-order valence-corrected chi connectivity index (χ1v) is 8.68. The summed E-state index contributed by atoms with van der Waals surface area (Å²) in [7, 11) is 0. The highest BCUT2D eigenvalue weighted by Crippen LogP contribution is 2.17. The summed E-state index contributed by atoms with van der Waals surface area (Å²) in [6.45, 7) is 2.78. The van der Waals surface area contributed by atoms with Gasteiger partial charge in [-0.1, -0.05) is 36.4 Å². The molecule has 0 unspecified atom stereocenters. The van der Waals surface area contributed by atoms with Gasteiger partial charge in [0.25, 0.3) is 5.69 Å². The van der Waals surface area contributed by atoms with Crippen LogP contribution in [0, 0.1) is 10.1 Å². The fourth-order valence-electron chi connectivity index (χ4n) is 3.13. The molecule has 1 aliphatic heterocycles. The number of piperidine rings is 1. The van der Waals surface area contributed by atoms with E-state index in [4.69, 9.17) is 0 Å². The SMILES string of the molecule is O=C(Nc1cccc([N+](=O)[O-])c1)NC1CCN(Cc2ccccc2)CC1. The van der Waals surface area contributed by atoms with Crippen LogP contribution in [0.3, 0.4) is 0 Å². The fourth-order valence-corrected chi connectivity index (χ4v) is 3.13. The van der Waals surface area contributed by atoms with E-state index in [-0.39, 0.29) is 17.8 Å². The van der Waals surface area contributed by atoms with E-state index in [1.165, 1.54) is 17.7 Å². The molecule has 2 amide bonds. The Morgan fingerprint density at radius 3 is 2.54 bits per heavy atom. The van der Waals surface area contributed by atoms with E-state index < -0.39 is 4.92 Å². The second kappa shape index (κ2) is 8.44. The van der Waals surface area contributed by atoms with E-state index in [2.05, 4.69) is 27.7 Å². The Kier molecular flexibility index (Phi) is 5.80. The van der Waals surface area contributed by atoms with Crippen LogP contribution in [-0.4, -0.2) is 35.0 Å². The predicted molar refractivity (Wildman–Crippen MR) is 100.0 cm³/mol. The lowest BCUT2D eigenvalue weighted by molar-refractivity contribution is -0.384. The summed E-state index contributed by atoms with van der Waals surface area (Å²) in [4.78, 5) is 24.8. The van der Waals surface area contributed by atoms with Crippen molar-refractivity contribution < 1.29 is 9.72 Å². The van der Waals surface area contributed by atoms with Gasteiger partial charge in [-0.25, -0.2) is 4.79 Å². The number of carbonyl (C=O) groups excluding carboxylic acids is 1. The third-order valence-corrected chi connectivity index (χ3v) is 4.49. The number of urea groups is 1. The maximum Gasteiger partial charge on any atom is 0.319 e. The molecule has 0 saturated carbocycles. The molecule has 0 spiro atoms.